The van der Waals surface area contributed by atoms with E-state index in [9.17, 15) is 4.79 Å². The van der Waals surface area contributed by atoms with Crippen molar-refractivity contribution in [2.75, 3.05) is 5.32 Å². The van der Waals surface area contributed by atoms with Gasteiger partial charge in [0.2, 0.25) is 5.91 Å². The van der Waals surface area contributed by atoms with Gasteiger partial charge in [0.15, 0.2) is 4.96 Å². The number of hydrogen-bond acceptors (Lipinski definition) is 3. The van der Waals surface area contributed by atoms with Crippen LogP contribution in [-0.2, 0) is 4.79 Å². The molecule has 1 saturated carbocycles. The zero-order chi connectivity index (χ0) is 19.5. The van der Waals surface area contributed by atoms with Crippen LogP contribution in [0, 0.1) is 18.8 Å². The number of carbonyl (C=O) groups excluding carboxylic acids is 1. The number of nitrogens with one attached hydrogen (secondary N) is 1. The first-order valence-corrected chi connectivity index (χ1v) is 11.4. The Balaban J connectivity index is 1.35. The van der Waals surface area contributed by atoms with E-state index in [0.717, 1.165) is 40.7 Å². The summed E-state index contributed by atoms with van der Waals surface area (Å²) in [6.07, 6.45) is 10.5. The van der Waals surface area contributed by atoms with Gasteiger partial charge in [-0.3, -0.25) is 9.20 Å². The number of hydrogen-bond donors (Lipinski definition) is 1. The molecular weight excluding hydrogens is 366 g/mol. The number of nitrogens with zero attached hydrogens (tertiary/aromatic N) is 2. The molecule has 0 saturated heterocycles. The molecule has 148 valence electrons. The molecule has 0 spiro atoms. The zero-order valence-electron chi connectivity index (χ0n) is 16.8. The van der Waals surface area contributed by atoms with Crippen molar-refractivity contribution in [3.05, 3.63) is 41.5 Å². The molecule has 1 aliphatic rings. The van der Waals surface area contributed by atoms with Gasteiger partial charge >= 0.3 is 0 Å². The highest BCUT2D eigenvalue weighted by atomic mass is 32.1. The monoisotopic (exact) mass is 395 g/mol. The number of imidazole rings is 1. The molecular formula is C23H29N3OS. The van der Waals surface area contributed by atoms with Crippen molar-refractivity contribution >= 4 is 27.9 Å². The molecule has 4 nitrogen and oxygen atoms in total. The Morgan fingerprint density at radius 1 is 1.21 bits per heavy atom. The molecule has 0 radical (unpaired) electrons. The molecule has 0 aliphatic heterocycles. The van der Waals surface area contributed by atoms with Crippen molar-refractivity contribution in [2.24, 2.45) is 11.8 Å². The fraction of sp³-hybridized carbons (Fsp3) is 0.478. The molecule has 1 N–H and O–H groups in total. The van der Waals surface area contributed by atoms with Crippen molar-refractivity contribution in [1.29, 1.82) is 0 Å². The Hall–Kier alpha value is -2.14. The smallest absolute Gasteiger partial charge is 0.227 e. The van der Waals surface area contributed by atoms with Crippen LogP contribution in [0.15, 0.2) is 35.8 Å². The molecule has 28 heavy (non-hydrogen) atoms. The summed E-state index contributed by atoms with van der Waals surface area (Å²) in [5.41, 5.74) is 4.12. The van der Waals surface area contributed by atoms with Gasteiger partial charge in [-0.15, -0.1) is 11.3 Å². The third kappa shape index (κ3) is 4.14. The Labute approximate surface area is 171 Å². The van der Waals surface area contributed by atoms with E-state index in [-0.39, 0.29) is 11.8 Å². The maximum Gasteiger partial charge on any atom is 0.227 e. The lowest BCUT2D eigenvalue weighted by Crippen LogP contribution is -2.27. The van der Waals surface area contributed by atoms with Gasteiger partial charge in [-0.2, -0.15) is 0 Å². The molecule has 0 unspecified atom stereocenters. The van der Waals surface area contributed by atoms with Crippen molar-refractivity contribution in [2.45, 2.75) is 58.8 Å². The van der Waals surface area contributed by atoms with Crippen LogP contribution in [0.2, 0.25) is 0 Å². The lowest BCUT2D eigenvalue weighted by atomic mass is 9.79. The lowest BCUT2D eigenvalue weighted by Gasteiger charge is -2.27. The molecule has 1 aromatic carbocycles. The third-order valence-electron chi connectivity index (χ3n) is 6.02. The topological polar surface area (TPSA) is 46.4 Å². The Bertz CT molecular complexity index is 933. The van der Waals surface area contributed by atoms with E-state index in [1.807, 2.05) is 24.3 Å². The van der Waals surface area contributed by atoms with Crippen LogP contribution in [0.5, 0.6) is 0 Å². The Morgan fingerprint density at radius 2 is 1.96 bits per heavy atom. The first kappa shape index (κ1) is 19.2. The van der Waals surface area contributed by atoms with E-state index in [4.69, 9.17) is 4.98 Å². The highest BCUT2D eigenvalue weighted by Gasteiger charge is 2.26. The molecule has 1 amide bonds. The van der Waals surface area contributed by atoms with E-state index >= 15 is 0 Å². The first-order chi connectivity index (χ1) is 13.6. The van der Waals surface area contributed by atoms with Crippen LogP contribution in [0.3, 0.4) is 0 Å². The number of thiazole rings is 1. The van der Waals surface area contributed by atoms with Crippen molar-refractivity contribution in [3.63, 3.8) is 0 Å². The van der Waals surface area contributed by atoms with Gasteiger partial charge < -0.3 is 5.32 Å². The zero-order valence-corrected chi connectivity index (χ0v) is 17.6. The highest BCUT2D eigenvalue weighted by molar-refractivity contribution is 7.15. The summed E-state index contributed by atoms with van der Waals surface area (Å²) in [5.74, 6) is 1.18. The van der Waals surface area contributed by atoms with Crippen LogP contribution in [0.4, 0.5) is 5.69 Å². The van der Waals surface area contributed by atoms with E-state index in [2.05, 4.69) is 35.1 Å². The number of carbonyl (C=O) groups is 1. The maximum absolute atomic E-state index is 12.6. The second-order valence-electron chi connectivity index (χ2n) is 8.08. The van der Waals surface area contributed by atoms with Gasteiger partial charge in [0.05, 0.1) is 5.69 Å². The fourth-order valence-corrected chi connectivity index (χ4v) is 5.06. The summed E-state index contributed by atoms with van der Waals surface area (Å²) in [4.78, 5) is 18.3. The average Bonchev–Trinajstić information content (AvgIpc) is 3.29. The molecule has 4 rings (SSSR count). The van der Waals surface area contributed by atoms with Crippen LogP contribution in [0.25, 0.3) is 16.2 Å². The Kier molecular flexibility index (Phi) is 5.81. The van der Waals surface area contributed by atoms with E-state index < -0.39 is 0 Å². The number of aryl methyl sites for hydroxylation is 1. The third-order valence-corrected chi connectivity index (χ3v) is 6.98. The quantitative estimate of drug-likeness (QED) is 0.532. The lowest BCUT2D eigenvalue weighted by molar-refractivity contribution is -0.121. The van der Waals surface area contributed by atoms with Crippen molar-refractivity contribution in [1.82, 2.24) is 9.38 Å². The van der Waals surface area contributed by atoms with Gasteiger partial charge in [-0.25, -0.2) is 4.98 Å². The molecule has 2 aromatic heterocycles. The first-order valence-electron chi connectivity index (χ1n) is 10.5. The second kappa shape index (κ2) is 8.48. The number of unbranched alkanes of at least 4 members (excludes halogenated alkanes) is 1. The number of anilines is 1. The summed E-state index contributed by atoms with van der Waals surface area (Å²) in [6.45, 7) is 4.34. The summed E-state index contributed by atoms with van der Waals surface area (Å²) in [7, 11) is 0. The standard InChI is InChI=1S/C23H29N3OS/c1-3-4-5-17-6-8-19(9-7-17)22(27)24-20-12-10-18(11-13-20)21-14-26-16(2)15-28-23(26)25-21/h10-15,17,19H,3-9H2,1-2H3,(H,24,27). The molecule has 5 heteroatoms. The number of amides is 1. The van der Waals surface area contributed by atoms with Crippen molar-refractivity contribution < 1.29 is 4.79 Å². The van der Waals surface area contributed by atoms with Gasteiger partial charge in [0.25, 0.3) is 0 Å². The summed E-state index contributed by atoms with van der Waals surface area (Å²) in [5, 5.41) is 5.23. The summed E-state index contributed by atoms with van der Waals surface area (Å²) in [6, 6.07) is 8.05. The number of aromatic nitrogens is 2. The minimum absolute atomic E-state index is 0.167. The molecule has 1 aliphatic carbocycles. The van der Waals surface area contributed by atoms with Gasteiger partial charge in [0.1, 0.15) is 0 Å². The largest absolute Gasteiger partial charge is 0.326 e. The van der Waals surface area contributed by atoms with Crippen molar-refractivity contribution in [3.8, 4) is 11.3 Å². The van der Waals surface area contributed by atoms with E-state index in [1.165, 1.54) is 37.8 Å². The minimum atomic E-state index is 0.167. The number of fused-ring (bicyclic) bond motifs is 1. The predicted octanol–water partition coefficient (Wildman–Crippen LogP) is 6.31. The molecule has 0 atom stereocenters. The van der Waals surface area contributed by atoms with Crippen LogP contribution >= 0.6 is 11.3 Å². The fourth-order valence-electron chi connectivity index (χ4n) is 4.21. The second-order valence-corrected chi connectivity index (χ2v) is 8.92. The molecule has 0 bridgehead atoms. The van der Waals surface area contributed by atoms with E-state index in [1.54, 1.807) is 11.3 Å². The number of benzene rings is 1. The molecule has 2 heterocycles. The van der Waals surface area contributed by atoms with Gasteiger partial charge in [0, 0.05) is 34.4 Å². The predicted molar refractivity (Wildman–Crippen MR) is 117 cm³/mol. The summed E-state index contributed by atoms with van der Waals surface area (Å²) < 4.78 is 2.12. The minimum Gasteiger partial charge on any atom is -0.326 e. The van der Waals surface area contributed by atoms with Crippen LogP contribution in [-0.4, -0.2) is 15.3 Å². The summed E-state index contributed by atoms with van der Waals surface area (Å²) >= 11 is 1.66. The van der Waals surface area contributed by atoms with Gasteiger partial charge in [-0.1, -0.05) is 38.3 Å². The normalized spacial score (nSPS) is 19.8. The van der Waals surface area contributed by atoms with Gasteiger partial charge in [-0.05, 0) is 50.7 Å². The molecule has 1 fully saturated rings. The van der Waals surface area contributed by atoms with E-state index in [0.29, 0.717) is 0 Å². The van der Waals surface area contributed by atoms with Crippen LogP contribution < -0.4 is 5.32 Å². The molecule has 3 aromatic rings. The highest BCUT2D eigenvalue weighted by Crippen LogP contribution is 2.32. The SMILES string of the molecule is CCCCC1CCC(C(=O)Nc2ccc(-c3cn4c(C)csc4n3)cc2)CC1. The van der Waals surface area contributed by atoms with Crippen LogP contribution in [0.1, 0.15) is 57.6 Å². The Morgan fingerprint density at radius 3 is 2.64 bits per heavy atom. The number of rotatable bonds is 6. The maximum atomic E-state index is 12.6. The average molecular weight is 396 g/mol.